The van der Waals surface area contributed by atoms with Gasteiger partial charge in [0.1, 0.15) is 0 Å². The first-order chi connectivity index (χ1) is 13.7. The zero-order valence-corrected chi connectivity index (χ0v) is 19.5. The molecule has 3 saturated carbocycles. The number of hydrogen-bond acceptors (Lipinski definition) is 2. The first kappa shape index (κ1) is 21.6. The van der Waals surface area contributed by atoms with E-state index in [1.807, 2.05) is 0 Å². The molecule has 1 N–H and O–H groups in total. The molecule has 0 aromatic rings. The Morgan fingerprint density at radius 3 is 2.48 bits per heavy atom. The van der Waals surface area contributed by atoms with Crippen LogP contribution in [0.1, 0.15) is 92.4 Å². The molecule has 8 atom stereocenters. The van der Waals surface area contributed by atoms with Gasteiger partial charge in [0.25, 0.3) is 0 Å². The number of carbonyl (C=O) groups is 1. The van der Waals surface area contributed by atoms with Crippen LogP contribution in [0, 0.1) is 52.3 Å². The average Bonchev–Trinajstić information content (AvgIpc) is 3.13. The lowest BCUT2D eigenvalue weighted by molar-refractivity contribution is -0.122. The normalized spacial score (nSPS) is 45.0. The van der Waals surface area contributed by atoms with Crippen LogP contribution in [0.3, 0.4) is 0 Å². The molecule has 0 aromatic heterocycles. The number of carbonyl (C=O) groups excluding carboxylic acids is 1. The van der Waals surface area contributed by atoms with Crippen LogP contribution < -0.4 is 0 Å². The Hall–Kier alpha value is -0.630. The second-order valence-corrected chi connectivity index (χ2v) is 12.1. The van der Waals surface area contributed by atoms with Gasteiger partial charge in [-0.1, -0.05) is 53.0 Å². The molecule has 164 valence electrons. The number of rotatable bonds is 6. The third-order valence-corrected chi connectivity index (χ3v) is 10.2. The molecule has 1 unspecified atom stereocenters. The van der Waals surface area contributed by atoms with Gasteiger partial charge in [-0.2, -0.15) is 0 Å². The monoisotopic (exact) mass is 400 g/mol. The maximum absolute atomic E-state index is 13.3. The van der Waals surface area contributed by atoms with Crippen molar-refractivity contribution < 1.29 is 9.90 Å². The summed E-state index contributed by atoms with van der Waals surface area (Å²) in [7, 11) is 0. The highest BCUT2D eigenvalue weighted by atomic mass is 16.3. The fraction of sp³-hybridized carbons (Fsp3) is 0.889. The van der Waals surface area contributed by atoms with Gasteiger partial charge >= 0.3 is 0 Å². The van der Waals surface area contributed by atoms with Gasteiger partial charge < -0.3 is 5.11 Å². The fourth-order valence-electron chi connectivity index (χ4n) is 8.70. The third kappa shape index (κ3) is 3.36. The number of hydrogen-bond donors (Lipinski definition) is 1. The smallest absolute Gasteiger partial charge is 0.159 e. The molecule has 0 radical (unpaired) electrons. The van der Waals surface area contributed by atoms with E-state index in [4.69, 9.17) is 0 Å². The molecule has 3 fully saturated rings. The van der Waals surface area contributed by atoms with E-state index in [1.165, 1.54) is 63.4 Å². The average molecular weight is 401 g/mol. The van der Waals surface area contributed by atoms with Crippen molar-refractivity contribution in [1.29, 1.82) is 0 Å². The highest BCUT2D eigenvalue weighted by molar-refractivity contribution is 5.97. The van der Waals surface area contributed by atoms with Crippen molar-refractivity contribution >= 4 is 5.78 Å². The zero-order valence-electron chi connectivity index (χ0n) is 19.5. The Kier molecular flexibility index (Phi) is 5.82. The van der Waals surface area contributed by atoms with E-state index in [1.54, 1.807) is 0 Å². The lowest BCUT2D eigenvalue weighted by Crippen LogP contribution is -2.49. The van der Waals surface area contributed by atoms with E-state index in [0.29, 0.717) is 41.5 Å². The van der Waals surface area contributed by atoms with Crippen LogP contribution >= 0.6 is 0 Å². The van der Waals surface area contributed by atoms with Crippen LogP contribution in [0.2, 0.25) is 0 Å². The summed E-state index contributed by atoms with van der Waals surface area (Å²) in [5.41, 5.74) is 2.02. The van der Waals surface area contributed by atoms with Gasteiger partial charge in [0, 0.05) is 12.5 Å². The molecule has 0 aromatic carbocycles. The summed E-state index contributed by atoms with van der Waals surface area (Å²) in [6.07, 6.45) is 13.3. The Labute approximate surface area is 178 Å². The minimum absolute atomic E-state index is 0.105. The first-order valence-electron chi connectivity index (χ1n) is 12.6. The molecule has 2 heteroatoms. The SMILES string of the molecule is CC(C)CCC[C@@H](C)[C@H]1C(=O)C=C2[C@@H]3CC[C@H]4C(CO)CC[C@]4(C)[C@H]3CC[C@@]21C. The third-order valence-electron chi connectivity index (χ3n) is 10.2. The molecule has 0 bridgehead atoms. The number of allylic oxidation sites excluding steroid dienone is 2. The molecule has 4 aliphatic carbocycles. The predicted octanol–water partition coefficient (Wildman–Crippen LogP) is 6.43. The van der Waals surface area contributed by atoms with E-state index >= 15 is 0 Å². The Bertz CT molecular complexity index is 663. The summed E-state index contributed by atoms with van der Waals surface area (Å²) in [4.78, 5) is 13.3. The maximum Gasteiger partial charge on any atom is 0.159 e. The highest BCUT2D eigenvalue weighted by Gasteiger charge is 2.61. The Balaban J connectivity index is 1.53. The second-order valence-electron chi connectivity index (χ2n) is 12.1. The Morgan fingerprint density at radius 2 is 1.79 bits per heavy atom. The van der Waals surface area contributed by atoms with Crippen LogP contribution in [-0.4, -0.2) is 17.5 Å². The van der Waals surface area contributed by atoms with E-state index in [0.717, 1.165) is 11.8 Å². The summed E-state index contributed by atoms with van der Waals surface area (Å²) < 4.78 is 0. The van der Waals surface area contributed by atoms with Crippen LogP contribution in [0.25, 0.3) is 0 Å². The quantitative estimate of drug-likeness (QED) is 0.558. The molecular weight excluding hydrogens is 356 g/mol. The van der Waals surface area contributed by atoms with Gasteiger partial charge in [0.05, 0.1) is 0 Å². The molecule has 0 aliphatic heterocycles. The van der Waals surface area contributed by atoms with Gasteiger partial charge in [-0.15, -0.1) is 0 Å². The zero-order chi connectivity index (χ0) is 21.0. The molecule has 0 heterocycles. The van der Waals surface area contributed by atoms with Gasteiger partial charge in [-0.25, -0.2) is 0 Å². The van der Waals surface area contributed by atoms with Gasteiger partial charge in [-0.3, -0.25) is 4.79 Å². The van der Waals surface area contributed by atoms with Crippen LogP contribution in [0.4, 0.5) is 0 Å². The molecule has 0 amide bonds. The van der Waals surface area contributed by atoms with Gasteiger partial charge in [0.15, 0.2) is 5.78 Å². The van der Waals surface area contributed by atoms with Gasteiger partial charge in [0.2, 0.25) is 0 Å². The van der Waals surface area contributed by atoms with E-state index in [-0.39, 0.29) is 11.3 Å². The molecular formula is C27H44O2. The minimum Gasteiger partial charge on any atom is -0.396 e. The molecule has 0 saturated heterocycles. The topological polar surface area (TPSA) is 37.3 Å². The van der Waals surface area contributed by atoms with Crippen LogP contribution in [-0.2, 0) is 4.79 Å². The maximum atomic E-state index is 13.3. The summed E-state index contributed by atoms with van der Waals surface area (Å²) in [5, 5.41) is 9.89. The lowest BCUT2D eigenvalue weighted by atomic mass is 9.48. The first-order valence-corrected chi connectivity index (χ1v) is 12.6. The van der Waals surface area contributed by atoms with Crippen molar-refractivity contribution in [3.05, 3.63) is 11.6 Å². The summed E-state index contributed by atoms with van der Waals surface area (Å²) in [6.45, 7) is 12.3. The second kappa shape index (κ2) is 7.81. The molecule has 2 nitrogen and oxygen atoms in total. The van der Waals surface area contributed by atoms with E-state index < -0.39 is 0 Å². The summed E-state index contributed by atoms with van der Waals surface area (Å²) >= 11 is 0. The van der Waals surface area contributed by atoms with Crippen LogP contribution in [0.5, 0.6) is 0 Å². The van der Waals surface area contributed by atoms with Crippen molar-refractivity contribution in [3.8, 4) is 0 Å². The number of aliphatic hydroxyl groups is 1. The number of fused-ring (bicyclic) bond motifs is 5. The Morgan fingerprint density at radius 1 is 1.03 bits per heavy atom. The number of aliphatic hydroxyl groups excluding tert-OH is 1. The van der Waals surface area contributed by atoms with Crippen molar-refractivity contribution in [2.45, 2.75) is 92.4 Å². The molecule has 4 rings (SSSR count). The standard InChI is InChI=1S/C27H44O2/c1-17(2)7-6-8-18(3)25-24(29)15-23-20-9-10-21-19(16-28)11-13-26(21,4)22(20)12-14-27(23,25)5/h15,17-22,25,28H,6-14,16H2,1-5H3/t18-,19?,20-,21+,22+,25+,26+,27+/m1/s1. The van der Waals surface area contributed by atoms with Crippen molar-refractivity contribution in [1.82, 2.24) is 0 Å². The predicted molar refractivity (Wildman–Crippen MR) is 119 cm³/mol. The molecule has 4 aliphatic rings. The number of ketones is 1. The lowest BCUT2D eigenvalue weighted by Gasteiger charge is -2.56. The van der Waals surface area contributed by atoms with E-state index in [2.05, 4.69) is 40.7 Å². The molecule has 29 heavy (non-hydrogen) atoms. The highest BCUT2D eigenvalue weighted by Crippen LogP contribution is 2.67. The van der Waals surface area contributed by atoms with Crippen LogP contribution in [0.15, 0.2) is 11.6 Å². The summed E-state index contributed by atoms with van der Waals surface area (Å²) in [6, 6.07) is 0. The fourth-order valence-corrected chi connectivity index (χ4v) is 8.70. The molecule has 0 spiro atoms. The van der Waals surface area contributed by atoms with Gasteiger partial charge in [-0.05, 0) is 97.4 Å². The van der Waals surface area contributed by atoms with Crippen molar-refractivity contribution in [3.63, 3.8) is 0 Å². The summed E-state index contributed by atoms with van der Waals surface area (Å²) in [5.74, 6) is 4.45. The largest absolute Gasteiger partial charge is 0.396 e. The van der Waals surface area contributed by atoms with E-state index in [9.17, 15) is 9.90 Å². The van der Waals surface area contributed by atoms with Crippen molar-refractivity contribution in [2.24, 2.45) is 52.3 Å². The van der Waals surface area contributed by atoms with Crippen molar-refractivity contribution in [2.75, 3.05) is 6.61 Å². The minimum atomic E-state index is 0.105.